The molecular formula is C13H28N2. The minimum Gasteiger partial charge on any atom is -0.316 e. The highest BCUT2D eigenvalue weighted by Crippen LogP contribution is 2.14. The first-order chi connectivity index (χ1) is 7.30. The van der Waals surface area contributed by atoms with Crippen molar-refractivity contribution in [1.29, 1.82) is 0 Å². The largest absolute Gasteiger partial charge is 0.316 e. The van der Waals surface area contributed by atoms with Gasteiger partial charge in [-0.3, -0.25) is 0 Å². The minimum absolute atomic E-state index is 0.902. The van der Waals surface area contributed by atoms with Crippen LogP contribution in [0.25, 0.3) is 0 Å². The van der Waals surface area contributed by atoms with Crippen LogP contribution in [-0.4, -0.2) is 37.6 Å². The van der Waals surface area contributed by atoms with E-state index in [1.54, 1.807) is 0 Å². The van der Waals surface area contributed by atoms with Crippen molar-refractivity contribution in [1.82, 2.24) is 10.2 Å². The van der Waals surface area contributed by atoms with Crippen LogP contribution in [0.3, 0.4) is 0 Å². The number of hydrogen-bond donors (Lipinski definition) is 1. The van der Waals surface area contributed by atoms with Gasteiger partial charge in [0.05, 0.1) is 0 Å². The molecule has 1 unspecified atom stereocenters. The Balaban J connectivity index is 2.27. The summed E-state index contributed by atoms with van der Waals surface area (Å²) in [6.07, 6.45) is 4.03. The van der Waals surface area contributed by atoms with Crippen LogP contribution in [0.4, 0.5) is 0 Å². The fourth-order valence-corrected chi connectivity index (χ4v) is 2.48. The molecule has 1 atom stereocenters. The highest BCUT2D eigenvalue weighted by atomic mass is 15.1. The average Bonchev–Trinajstić information content (AvgIpc) is 2.76. The summed E-state index contributed by atoms with van der Waals surface area (Å²) in [4.78, 5) is 2.65. The van der Waals surface area contributed by atoms with Gasteiger partial charge in [-0.05, 0) is 37.9 Å². The SMILES string of the molecule is CCC(CC)CN(CC)CC1CCNC1. The monoisotopic (exact) mass is 212 g/mol. The van der Waals surface area contributed by atoms with E-state index in [-0.39, 0.29) is 0 Å². The second-order valence-corrected chi connectivity index (χ2v) is 4.89. The quantitative estimate of drug-likeness (QED) is 0.697. The van der Waals surface area contributed by atoms with Gasteiger partial charge in [-0.25, -0.2) is 0 Å². The molecule has 0 aromatic carbocycles. The third-order valence-corrected chi connectivity index (χ3v) is 3.80. The lowest BCUT2D eigenvalue weighted by Crippen LogP contribution is -2.34. The molecule has 0 amide bonds. The van der Waals surface area contributed by atoms with Crippen LogP contribution in [0.2, 0.25) is 0 Å². The van der Waals surface area contributed by atoms with Gasteiger partial charge in [-0.15, -0.1) is 0 Å². The van der Waals surface area contributed by atoms with E-state index in [9.17, 15) is 0 Å². The molecule has 1 N–H and O–H groups in total. The maximum absolute atomic E-state index is 3.46. The van der Waals surface area contributed by atoms with Gasteiger partial charge in [0.15, 0.2) is 0 Å². The molecule has 2 heteroatoms. The Bertz CT molecular complexity index is 145. The highest BCUT2D eigenvalue weighted by Gasteiger charge is 2.18. The van der Waals surface area contributed by atoms with Gasteiger partial charge in [0, 0.05) is 13.1 Å². The average molecular weight is 212 g/mol. The zero-order chi connectivity index (χ0) is 11.1. The predicted molar refractivity (Wildman–Crippen MR) is 67.2 cm³/mol. The van der Waals surface area contributed by atoms with E-state index in [0.717, 1.165) is 11.8 Å². The van der Waals surface area contributed by atoms with Crippen LogP contribution in [0, 0.1) is 11.8 Å². The molecule has 90 valence electrons. The van der Waals surface area contributed by atoms with Crippen molar-refractivity contribution in [3.8, 4) is 0 Å². The lowest BCUT2D eigenvalue weighted by atomic mass is 10.0. The van der Waals surface area contributed by atoms with Crippen LogP contribution in [0.1, 0.15) is 40.0 Å². The maximum atomic E-state index is 3.46. The van der Waals surface area contributed by atoms with Crippen molar-refractivity contribution in [2.75, 3.05) is 32.7 Å². The van der Waals surface area contributed by atoms with Crippen LogP contribution in [-0.2, 0) is 0 Å². The molecule has 1 heterocycles. The standard InChI is InChI=1S/C13H28N2/c1-4-12(5-2)10-15(6-3)11-13-7-8-14-9-13/h12-14H,4-11H2,1-3H3. The predicted octanol–water partition coefficient (Wildman–Crippen LogP) is 2.35. The normalized spacial score (nSPS) is 21.8. The molecule has 1 fully saturated rings. The number of nitrogens with zero attached hydrogens (tertiary/aromatic N) is 1. The highest BCUT2D eigenvalue weighted by molar-refractivity contribution is 4.75. The molecule has 15 heavy (non-hydrogen) atoms. The zero-order valence-corrected chi connectivity index (χ0v) is 10.8. The fourth-order valence-electron chi connectivity index (χ4n) is 2.48. The first-order valence-corrected chi connectivity index (χ1v) is 6.73. The number of hydrogen-bond acceptors (Lipinski definition) is 2. The topological polar surface area (TPSA) is 15.3 Å². The molecule has 2 nitrogen and oxygen atoms in total. The van der Waals surface area contributed by atoms with E-state index in [4.69, 9.17) is 0 Å². The van der Waals surface area contributed by atoms with Gasteiger partial charge in [0.2, 0.25) is 0 Å². The van der Waals surface area contributed by atoms with Gasteiger partial charge in [-0.2, -0.15) is 0 Å². The Morgan fingerprint density at radius 2 is 2.00 bits per heavy atom. The molecule has 0 saturated carbocycles. The second kappa shape index (κ2) is 7.24. The van der Waals surface area contributed by atoms with Gasteiger partial charge >= 0.3 is 0 Å². The van der Waals surface area contributed by atoms with Crippen molar-refractivity contribution >= 4 is 0 Å². The van der Waals surface area contributed by atoms with Crippen LogP contribution >= 0.6 is 0 Å². The van der Waals surface area contributed by atoms with E-state index < -0.39 is 0 Å². The van der Waals surface area contributed by atoms with Gasteiger partial charge < -0.3 is 10.2 Å². The summed E-state index contributed by atoms with van der Waals surface area (Å²) in [7, 11) is 0. The van der Waals surface area contributed by atoms with Crippen molar-refractivity contribution in [3.63, 3.8) is 0 Å². The van der Waals surface area contributed by atoms with Crippen LogP contribution < -0.4 is 5.32 Å². The number of rotatable bonds is 7. The van der Waals surface area contributed by atoms with Crippen LogP contribution in [0.5, 0.6) is 0 Å². The van der Waals surface area contributed by atoms with Gasteiger partial charge in [-0.1, -0.05) is 33.6 Å². The Labute approximate surface area is 95.4 Å². The van der Waals surface area contributed by atoms with Gasteiger partial charge in [0.25, 0.3) is 0 Å². The summed E-state index contributed by atoms with van der Waals surface area (Å²) < 4.78 is 0. The maximum Gasteiger partial charge on any atom is 0.00223 e. The molecule has 0 aliphatic carbocycles. The number of nitrogens with one attached hydrogen (secondary N) is 1. The molecule has 1 saturated heterocycles. The second-order valence-electron chi connectivity index (χ2n) is 4.89. The van der Waals surface area contributed by atoms with Gasteiger partial charge in [0.1, 0.15) is 0 Å². The molecule has 1 rings (SSSR count). The molecule has 0 aromatic rings. The molecule has 1 aliphatic heterocycles. The summed E-state index contributed by atoms with van der Waals surface area (Å²) in [6, 6.07) is 0. The molecule has 0 spiro atoms. The van der Waals surface area contributed by atoms with E-state index in [1.807, 2.05) is 0 Å². The lowest BCUT2D eigenvalue weighted by molar-refractivity contribution is 0.206. The summed E-state index contributed by atoms with van der Waals surface area (Å²) in [5, 5.41) is 3.46. The Morgan fingerprint density at radius 3 is 2.47 bits per heavy atom. The van der Waals surface area contributed by atoms with Crippen molar-refractivity contribution in [2.24, 2.45) is 11.8 Å². The molecule has 1 aliphatic rings. The van der Waals surface area contributed by atoms with E-state index in [2.05, 4.69) is 31.0 Å². The molecule has 0 bridgehead atoms. The Morgan fingerprint density at radius 1 is 1.27 bits per heavy atom. The first kappa shape index (κ1) is 13.0. The Kier molecular flexibility index (Phi) is 6.26. The summed E-state index contributed by atoms with van der Waals surface area (Å²) in [5.41, 5.74) is 0. The van der Waals surface area contributed by atoms with Crippen molar-refractivity contribution < 1.29 is 0 Å². The van der Waals surface area contributed by atoms with E-state index in [0.29, 0.717) is 0 Å². The van der Waals surface area contributed by atoms with Crippen molar-refractivity contribution in [2.45, 2.75) is 40.0 Å². The summed E-state index contributed by atoms with van der Waals surface area (Å²) >= 11 is 0. The van der Waals surface area contributed by atoms with Crippen molar-refractivity contribution in [3.05, 3.63) is 0 Å². The summed E-state index contributed by atoms with van der Waals surface area (Å²) in [5.74, 6) is 1.80. The van der Waals surface area contributed by atoms with E-state index >= 15 is 0 Å². The molecular weight excluding hydrogens is 184 g/mol. The van der Waals surface area contributed by atoms with E-state index in [1.165, 1.54) is 52.0 Å². The minimum atomic E-state index is 0.902. The third-order valence-electron chi connectivity index (χ3n) is 3.80. The Hall–Kier alpha value is -0.0800. The third kappa shape index (κ3) is 4.52. The fraction of sp³-hybridized carbons (Fsp3) is 1.00. The molecule has 0 radical (unpaired) electrons. The van der Waals surface area contributed by atoms with Crippen LogP contribution in [0.15, 0.2) is 0 Å². The molecule has 0 aromatic heterocycles. The summed E-state index contributed by atoms with van der Waals surface area (Å²) in [6.45, 7) is 13.2. The zero-order valence-electron chi connectivity index (χ0n) is 10.8. The lowest BCUT2D eigenvalue weighted by Gasteiger charge is -2.27. The first-order valence-electron chi connectivity index (χ1n) is 6.73. The smallest absolute Gasteiger partial charge is 0.00223 e.